The number of hydrogen-bond donors (Lipinski definition) is 2. The van der Waals surface area contributed by atoms with E-state index in [2.05, 4.69) is 17.2 Å². The summed E-state index contributed by atoms with van der Waals surface area (Å²) in [6.45, 7) is 2.99. The van der Waals surface area contributed by atoms with E-state index in [0.717, 1.165) is 16.9 Å². The van der Waals surface area contributed by atoms with Gasteiger partial charge in [0.15, 0.2) is 11.5 Å². The lowest BCUT2D eigenvalue weighted by atomic mass is 10.1. The van der Waals surface area contributed by atoms with Gasteiger partial charge in [0.05, 0.1) is 19.4 Å². The lowest BCUT2D eigenvalue weighted by molar-refractivity contribution is 0.196. The summed E-state index contributed by atoms with van der Waals surface area (Å²) in [5.74, 6) is 1.29. The Bertz CT molecular complexity index is 799. The third-order valence-corrected chi connectivity index (χ3v) is 4.04. The first-order valence-electron chi connectivity index (χ1n) is 8.29. The molecule has 0 radical (unpaired) electrons. The zero-order chi connectivity index (χ0) is 17.6. The third-order valence-electron chi connectivity index (χ3n) is 4.04. The van der Waals surface area contributed by atoms with Crippen LogP contribution in [0.25, 0.3) is 5.65 Å². The second kappa shape index (κ2) is 8.00. The van der Waals surface area contributed by atoms with E-state index in [4.69, 9.17) is 14.6 Å². The summed E-state index contributed by atoms with van der Waals surface area (Å²) < 4.78 is 12.9. The van der Waals surface area contributed by atoms with Crippen LogP contribution in [-0.2, 0) is 6.54 Å². The van der Waals surface area contributed by atoms with E-state index in [9.17, 15) is 0 Å². The fourth-order valence-corrected chi connectivity index (χ4v) is 2.68. The smallest absolute Gasteiger partial charge is 0.161 e. The normalized spacial score (nSPS) is 12.3. The molecule has 132 valence electrons. The minimum Gasteiger partial charge on any atom is -0.493 e. The number of aliphatic hydroxyl groups excluding tert-OH is 1. The van der Waals surface area contributed by atoms with Crippen molar-refractivity contribution in [3.63, 3.8) is 0 Å². The Kier molecular flexibility index (Phi) is 5.53. The number of nitrogens with zero attached hydrogens (tertiary/aromatic N) is 2. The molecule has 0 saturated carbocycles. The monoisotopic (exact) mass is 341 g/mol. The highest BCUT2D eigenvalue weighted by atomic mass is 16.5. The number of fused-ring (bicyclic) bond motifs is 1. The highest BCUT2D eigenvalue weighted by Gasteiger charge is 2.11. The first-order chi connectivity index (χ1) is 12.2. The Morgan fingerprint density at radius 1 is 1.24 bits per heavy atom. The van der Waals surface area contributed by atoms with Crippen molar-refractivity contribution >= 4 is 5.65 Å². The Morgan fingerprint density at radius 2 is 2.12 bits per heavy atom. The zero-order valence-corrected chi connectivity index (χ0v) is 14.5. The van der Waals surface area contributed by atoms with Crippen molar-refractivity contribution in [1.82, 2.24) is 14.7 Å². The van der Waals surface area contributed by atoms with E-state index < -0.39 is 0 Å². The van der Waals surface area contributed by atoms with Gasteiger partial charge < -0.3 is 24.3 Å². The standard InChI is InChI=1S/C19H23N3O3/c1-14(15-6-7-17(25-10-9-23)18(11-15)24-2)20-12-16-13-22-8-4-3-5-19(22)21-16/h3-8,11,13-14,20,23H,9-10,12H2,1-2H3. The number of aromatic nitrogens is 2. The van der Waals surface area contributed by atoms with Crippen LogP contribution in [0.2, 0.25) is 0 Å². The average Bonchev–Trinajstić information content (AvgIpc) is 3.07. The van der Waals surface area contributed by atoms with Crippen molar-refractivity contribution < 1.29 is 14.6 Å². The van der Waals surface area contributed by atoms with Gasteiger partial charge >= 0.3 is 0 Å². The molecule has 0 aliphatic heterocycles. The Balaban J connectivity index is 1.66. The number of aliphatic hydroxyl groups is 1. The van der Waals surface area contributed by atoms with E-state index >= 15 is 0 Å². The van der Waals surface area contributed by atoms with Crippen molar-refractivity contribution in [2.45, 2.75) is 19.5 Å². The maximum absolute atomic E-state index is 8.88. The molecule has 0 spiro atoms. The minimum absolute atomic E-state index is 0.0259. The molecule has 3 rings (SSSR count). The van der Waals surface area contributed by atoms with Gasteiger partial charge in [-0.3, -0.25) is 0 Å². The Hall–Kier alpha value is -2.57. The fourth-order valence-electron chi connectivity index (χ4n) is 2.68. The average molecular weight is 341 g/mol. The molecule has 0 bridgehead atoms. The summed E-state index contributed by atoms with van der Waals surface area (Å²) in [6, 6.07) is 11.9. The van der Waals surface area contributed by atoms with Gasteiger partial charge in [-0.05, 0) is 36.8 Å². The van der Waals surface area contributed by atoms with Crippen LogP contribution in [0.5, 0.6) is 11.5 Å². The van der Waals surface area contributed by atoms with E-state index in [1.807, 2.05) is 53.2 Å². The molecule has 0 fully saturated rings. The number of pyridine rings is 1. The second-order valence-electron chi connectivity index (χ2n) is 5.78. The second-order valence-corrected chi connectivity index (χ2v) is 5.78. The van der Waals surface area contributed by atoms with Gasteiger partial charge in [0.1, 0.15) is 12.3 Å². The molecule has 1 atom stereocenters. The van der Waals surface area contributed by atoms with Gasteiger partial charge in [-0.25, -0.2) is 4.98 Å². The molecule has 6 heteroatoms. The Labute approximate surface area is 147 Å². The summed E-state index contributed by atoms with van der Waals surface area (Å²) in [5.41, 5.74) is 3.03. The third kappa shape index (κ3) is 4.10. The molecule has 3 aromatic rings. The van der Waals surface area contributed by atoms with Crippen LogP contribution in [0, 0.1) is 0 Å². The number of rotatable bonds is 8. The zero-order valence-electron chi connectivity index (χ0n) is 14.5. The summed E-state index contributed by atoms with van der Waals surface area (Å²) in [6.07, 6.45) is 4.02. The number of nitrogens with one attached hydrogen (secondary N) is 1. The van der Waals surface area contributed by atoms with Crippen LogP contribution in [0.4, 0.5) is 0 Å². The van der Waals surface area contributed by atoms with E-state index in [0.29, 0.717) is 18.0 Å². The molecular formula is C19H23N3O3. The van der Waals surface area contributed by atoms with Crippen molar-refractivity contribution in [2.75, 3.05) is 20.3 Å². The lowest BCUT2D eigenvalue weighted by Crippen LogP contribution is -2.18. The maximum Gasteiger partial charge on any atom is 0.161 e. The van der Waals surface area contributed by atoms with Crippen LogP contribution in [0.15, 0.2) is 48.8 Å². The molecular weight excluding hydrogens is 318 g/mol. The number of benzene rings is 1. The number of ether oxygens (including phenoxy) is 2. The molecule has 2 N–H and O–H groups in total. The van der Waals surface area contributed by atoms with Crippen LogP contribution in [0.1, 0.15) is 24.2 Å². The number of methoxy groups -OCH3 is 1. The first kappa shape index (κ1) is 17.3. The van der Waals surface area contributed by atoms with Gasteiger partial charge in [-0.2, -0.15) is 0 Å². The fraction of sp³-hybridized carbons (Fsp3) is 0.316. The number of imidazole rings is 1. The highest BCUT2D eigenvalue weighted by Crippen LogP contribution is 2.30. The summed E-state index contributed by atoms with van der Waals surface area (Å²) >= 11 is 0. The van der Waals surface area contributed by atoms with Crippen LogP contribution < -0.4 is 14.8 Å². The van der Waals surface area contributed by atoms with E-state index in [-0.39, 0.29) is 19.3 Å². The summed E-state index contributed by atoms with van der Waals surface area (Å²) in [5, 5.41) is 12.4. The van der Waals surface area contributed by atoms with Crippen LogP contribution in [0.3, 0.4) is 0 Å². The first-order valence-corrected chi connectivity index (χ1v) is 8.29. The predicted octanol–water partition coefficient (Wildman–Crippen LogP) is 2.56. The molecule has 2 aromatic heterocycles. The van der Waals surface area contributed by atoms with Crippen molar-refractivity contribution in [3.8, 4) is 11.5 Å². The SMILES string of the molecule is COc1cc(C(C)NCc2cn3ccccc3n2)ccc1OCCO. The van der Waals surface area contributed by atoms with Crippen LogP contribution in [-0.4, -0.2) is 34.8 Å². The molecule has 25 heavy (non-hydrogen) atoms. The van der Waals surface area contributed by atoms with Crippen molar-refractivity contribution in [1.29, 1.82) is 0 Å². The molecule has 1 aromatic carbocycles. The predicted molar refractivity (Wildman–Crippen MR) is 96.0 cm³/mol. The number of hydrogen-bond acceptors (Lipinski definition) is 5. The van der Waals surface area contributed by atoms with E-state index in [1.54, 1.807) is 7.11 Å². The topological polar surface area (TPSA) is 68.0 Å². The molecule has 1 unspecified atom stereocenters. The highest BCUT2D eigenvalue weighted by molar-refractivity contribution is 5.44. The maximum atomic E-state index is 8.88. The summed E-state index contributed by atoms with van der Waals surface area (Å²) in [7, 11) is 1.61. The van der Waals surface area contributed by atoms with Gasteiger partial charge in [-0.1, -0.05) is 12.1 Å². The van der Waals surface area contributed by atoms with Gasteiger partial charge in [0.25, 0.3) is 0 Å². The van der Waals surface area contributed by atoms with Crippen molar-refractivity contribution in [3.05, 3.63) is 60.0 Å². The molecule has 6 nitrogen and oxygen atoms in total. The van der Waals surface area contributed by atoms with Gasteiger partial charge in [0, 0.05) is 25.0 Å². The van der Waals surface area contributed by atoms with Gasteiger partial charge in [0.2, 0.25) is 0 Å². The molecule has 0 aliphatic rings. The van der Waals surface area contributed by atoms with Crippen LogP contribution >= 0.6 is 0 Å². The minimum atomic E-state index is -0.0259. The van der Waals surface area contributed by atoms with E-state index in [1.165, 1.54) is 0 Å². The van der Waals surface area contributed by atoms with Crippen molar-refractivity contribution in [2.24, 2.45) is 0 Å². The molecule has 2 heterocycles. The summed E-state index contributed by atoms with van der Waals surface area (Å²) in [4.78, 5) is 4.59. The molecule has 0 saturated heterocycles. The largest absolute Gasteiger partial charge is 0.493 e. The molecule has 0 aliphatic carbocycles. The quantitative estimate of drug-likeness (QED) is 0.659. The molecule has 0 amide bonds. The Morgan fingerprint density at radius 3 is 2.88 bits per heavy atom. The van der Waals surface area contributed by atoms with Gasteiger partial charge in [-0.15, -0.1) is 0 Å². The lowest BCUT2D eigenvalue weighted by Gasteiger charge is -2.16.